The average molecular weight is 338 g/mol. The normalized spacial score (nSPS) is 17.6. The average Bonchev–Trinajstić information content (AvgIpc) is 3.25. The third kappa shape index (κ3) is 3.81. The molecule has 0 saturated carbocycles. The summed E-state index contributed by atoms with van der Waals surface area (Å²) >= 11 is 0. The summed E-state index contributed by atoms with van der Waals surface area (Å²) in [5.41, 5.74) is 2.35. The number of ether oxygens (including phenoxy) is 1. The minimum absolute atomic E-state index is 0.254. The molecule has 3 aromatic rings. The minimum Gasteiger partial charge on any atom is -0.465 e. The van der Waals surface area contributed by atoms with E-state index in [0.29, 0.717) is 13.2 Å². The van der Waals surface area contributed by atoms with Crippen molar-refractivity contribution >= 4 is 0 Å². The summed E-state index contributed by atoms with van der Waals surface area (Å²) in [5, 5.41) is 0. The molecule has 0 radical (unpaired) electrons. The molecule has 0 saturated heterocycles. The van der Waals surface area contributed by atoms with Crippen molar-refractivity contribution in [3.63, 3.8) is 0 Å². The van der Waals surface area contributed by atoms with E-state index in [1.165, 1.54) is 5.69 Å². The Morgan fingerprint density at radius 3 is 2.88 bits per heavy atom. The highest BCUT2D eigenvalue weighted by molar-refractivity contribution is 5.09. The van der Waals surface area contributed by atoms with Gasteiger partial charge >= 0.3 is 0 Å². The van der Waals surface area contributed by atoms with Gasteiger partial charge in [-0.25, -0.2) is 4.98 Å². The van der Waals surface area contributed by atoms with Crippen LogP contribution in [0.3, 0.4) is 0 Å². The Balaban J connectivity index is 1.40. The summed E-state index contributed by atoms with van der Waals surface area (Å²) in [5.74, 6) is 1.95. The Kier molecular flexibility index (Phi) is 4.63. The molecule has 1 aliphatic heterocycles. The molecule has 130 valence electrons. The van der Waals surface area contributed by atoms with Gasteiger partial charge < -0.3 is 13.7 Å². The van der Waals surface area contributed by atoms with Gasteiger partial charge in [-0.2, -0.15) is 0 Å². The molecular formula is C19H22N4O2. The summed E-state index contributed by atoms with van der Waals surface area (Å²) in [7, 11) is 0. The number of hydrogen-bond donors (Lipinski definition) is 0. The van der Waals surface area contributed by atoms with Gasteiger partial charge in [-0.15, -0.1) is 0 Å². The number of pyridine rings is 1. The fourth-order valence-corrected chi connectivity index (χ4v) is 3.30. The van der Waals surface area contributed by atoms with Crippen molar-refractivity contribution < 1.29 is 9.15 Å². The molecule has 0 N–H and O–H groups in total. The first-order valence-corrected chi connectivity index (χ1v) is 8.53. The van der Waals surface area contributed by atoms with Gasteiger partial charge in [0.05, 0.1) is 37.8 Å². The monoisotopic (exact) mass is 338 g/mol. The Morgan fingerprint density at radius 1 is 1.20 bits per heavy atom. The summed E-state index contributed by atoms with van der Waals surface area (Å²) in [6, 6.07) is 8.28. The minimum atomic E-state index is 0.254. The van der Waals surface area contributed by atoms with Crippen LogP contribution in [0, 0.1) is 6.92 Å². The summed E-state index contributed by atoms with van der Waals surface area (Å²) in [6.07, 6.45) is 7.43. The number of hydrogen-bond acceptors (Lipinski definition) is 5. The first-order chi connectivity index (χ1) is 12.3. The van der Waals surface area contributed by atoms with Crippen molar-refractivity contribution in [3.05, 3.63) is 72.0 Å². The molecule has 6 nitrogen and oxygen atoms in total. The molecule has 0 amide bonds. The molecule has 4 rings (SSSR count). The van der Waals surface area contributed by atoms with Crippen molar-refractivity contribution in [1.82, 2.24) is 19.4 Å². The highest BCUT2D eigenvalue weighted by Gasteiger charge is 2.25. The lowest BCUT2D eigenvalue weighted by Gasteiger charge is -2.33. The number of furan rings is 1. The molecular weight excluding hydrogens is 316 g/mol. The van der Waals surface area contributed by atoms with Crippen LogP contribution in [-0.2, 0) is 24.4 Å². The third-order valence-electron chi connectivity index (χ3n) is 4.50. The molecule has 0 spiro atoms. The third-order valence-corrected chi connectivity index (χ3v) is 4.50. The second-order valence-electron chi connectivity index (χ2n) is 6.50. The highest BCUT2D eigenvalue weighted by atomic mass is 16.5. The van der Waals surface area contributed by atoms with Crippen LogP contribution in [0.1, 0.15) is 28.8 Å². The molecule has 0 bridgehead atoms. The van der Waals surface area contributed by atoms with E-state index in [-0.39, 0.29) is 6.04 Å². The van der Waals surface area contributed by atoms with E-state index in [1.807, 2.05) is 37.6 Å². The van der Waals surface area contributed by atoms with Gasteiger partial charge in [0.2, 0.25) is 0 Å². The zero-order chi connectivity index (χ0) is 17.1. The summed E-state index contributed by atoms with van der Waals surface area (Å²) in [6.45, 7) is 5.82. The van der Waals surface area contributed by atoms with E-state index in [2.05, 4.69) is 25.5 Å². The predicted molar refractivity (Wildman–Crippen MR) is 92.7 cm³/mol. The van der Waals surface area contributed by atoms with E-state index in [1.54, 1.807) is 12.4 Å². The van der Waals surface area contributed by atoms with Crippen LogP contribution >= 0.6 is 0 Å². The molecule has 0 aliphatic carbocycles. The van der Waals surface area contributed by atoms with Crippen LogP contribution in [0.25, 0.3) is 0 Å². The van der Waals surface area contributed by atoms with Crippen LogP contribution < -0.4 is 0 Å². The zero-order valence-electron chi connectivity index (χ0n) is 14.3. The molecule has 4 heterocycles. The SMILES string of the molecule is Cc1ccc(CN2Cc3cncn3[C@@H](COCc3ccncc3)C2)o1. The van der Waals surface area contributed by atoms with Crippen LogP contribution in [0.5, 0.6) is 0 Å². The van der Waals surface area contributed by atoms with Gasteiger partial charge in [-0.3, -0.25) is 9.88 Å². The van der Waals surface area contributed by atoms with E-state index in [9.17, 15) is 0 Å². The molecule has 6 heteroatoms. The van der Waals surface area contributed by atoms with Crippen molar-refractivity contribution in [3.8, 4) is 0 Å². The molecule has 0 fully saturated rings. The quantitative estimate of drug-likeness (QED) is 0.692. The molecule has 0 unspecified atom stereocenters. The highest BCUT2D eigenvalue weighted by Crippen LogP contribution is 2.23. The number of imidazole rings is 1. The second kappa shape index (κ2) is 7.21. The topological polar surface area (TPSA) is 56.3 Å². The van der Waals surface area contributed by atoms with E-state index >= 15 is 0 Å². The van der Waals surface area contributed by atoms with Crippen molar-refractivity contribution in [2.24, 2.45) is 0 Å². The van der Waals surface area contributed by atoms with Gasteiger partial charge in [-0.05, 0) is 36.8 Å². The zero-order valence-corrected chi connectivity index (χ0v) is 14.3. The maximum atomic E-state index is 5.96. The number of aromatic nitrogens is 3. The van der Waals surface area contributed by atoms with Crippen LogP contribution in [0.15, 0.2) is 53.6 Å². The number of aryl methyl sites for hydroxylation is 1. The maximum Gasteiger partial charge on any atom is 0.118 e. The lowest BCUT2D eigenvalue weighted by atomic mass is 10.2. The lowest BCUT2D eigenvalue weighted by molar-refractivity contribution is 0.0569. The van der Waals surface area contributed by atoms with Crippen molar-refractivity contribution in [1.29, 1.82) is 0 Å². The Morgan fingerprint density at radius 2 is 2.08 bits per heavy atom. The van der Waals surface area contributed by atoms with Gasteiger partial charge in [0.1, 0.15) is 11.5 Å². The Bertz CT molecular complexity index is 812. The van der Waals surface area contributed by atoms with E-state index < -0.39 is 0 Å². The van der Waals surface area contributed by atoms with Gasteiger partial charge in [-0.1, -0.05) is 0 Å². The first-order valence-electron chi connectivity index (χ1n) is 8.53. The molecule has 25 heavy (non-hydrogen) atoms. The molecule has 0 aromatic carbocycles. The number of nitrogens with zero attached hydrogens (tertiary/aromatic N) is 4. The predicted octanol–water partition coefficient (Wildman–Crippen LogP) is 2.95. The summed E-state index contributed by atoms with van der Waals surface area (Å²) in [4.78, 5) is 10.7. The standard InChI is InChI=1S/C19H22N4O2/c1-15-2-3-19(25-15)11-22-9-17-8-21-14-23(17)18(10-22)13-24-12-16-4-6-20-7-5-16/h2-8,14,18H,9-13H2,1H3/t18-/m1/s1. The second-order valence-corrected chi connectivity index (χ2v) is 6.50. The number of rotatable bonds is 6. The number of fused-ring (bicyclic) bond motifs is 1. The molecule has 3 aromatic heterocycles. The van der Waals surface area contributed by atoms with E-state index in [4.69, 9.17) is 9.15 Å². The van der Waals surface area contributed by atoms with Gasteiger partial charge in [0.25, 0.3) is 0 Å². The first kappa shape index (κ1) is 16.1. The van der Waals surface area contributed by atoms with Crippen molar-refractivity contribution in [2.45, 2.75) is 32.7 Å². The van der Waals surface area contributed by atoms with Crippen LogP contribution in [-0.4, -0.2) is 32.6 Å². The fourth-order valence-electron chi connectivity index (χ4n) is 3.30. The van der Waals surface area contributed by atoms with Crippen LogP contribution in [0.4, 0.5) is 0 Å². The van der Waals surface area contributed by atoms with E-state index in [0.717, 1.165) is 36.7 Å². The van der Waals surface area contributed by atoms with Crippen molar-refractivity contribution in [2.75, 3.05) is 13.2 Å². The lowest BCUT2D eigenvalue weighted by Crippen LogP contribution is -2.38. The smallest absolute Gasteiger partial charge is 0.118 e. The molecule has 1 atom stereocenters. The fraction of sp³-hybridized carbons (Fsp3) is 0.368. The largest absolute Gasteiger partial charge is 0.465 e. The van der Waals surface area contributed by atoms with Crippen LogP contribution in [0.2, 0.25) is 0 Å². The van der Waals surface area contributed by atoms with Gasteiger partial charge in [0.15, 0.2) is 0 Å². The van der Waals surface area contributed by atoms with Gasteiger partial charge in [0, 0.05) is 31.7 Å². The Hall–Kier alpha value is -2.44. The molecule has 1 aliphatic rings. The maximum absolute atomic E-state index is 5.96. The summed E-state index contributed by atoms with van der Waals surface area (Å²) < 4.78 is 13.9. The Labute approximate surface area is 147 Å².